The summed E-state index contributed by atoms with van der Waals surface area (Å²) < 4.78 is 5.23. The molecule has 5 heteroatoms. The van der Waals surface area contributed by atoms with E-state index >= 15 is 0 Å². The zero-order chi connectivity index (χ0) is 18.2. The van der Waals surface area contributed by atoms with Gasteiger partial charge >= 0.3 is 0 Å². The lowest BCUT2D eigenvalue weighted by Gasteiger charge is -2.29. The van der Waals surface area contributed by atoms with Gasteiger partial charge in [0.05, 0.1) is 14.2 Å². The maximum Gasteiger partial charge on any atom is 0.204 e. The molecule has 0 bridgehead atoms. The number of hydrogen-bond acceptors (Lipinski definition) is 4. The predicted octanol–water partition coefficient (Wildman–Crippen LogP) is 2.42. The van der Waals surface area contributed by atoms with E-state index in [0.717, 1.165) is 48.7 Å². The van der Waals surface area contributed by atoms with Crippen molar-refractivity contribution in [1.29, 1.82) is 0 Å². The number of allylic oxidation sites excluding steroid dienone is 1. The molecule has 0 aliphatic carbocycles. The lowest BCUT2D eigenvalue weighted by Crippen LogP contribution is -2.76. The van der Waals surface area contributed by atoms with Crippen LogP contribution in [0.25, 0.3) is 0 Å². The van der Waals surface area contributed by atoms with Crippen molar-refractivity contribution >= 4 is 11.5 Å². The number of methoxy groups -OCH3 is 1. The van der Waals surface area contributed by atoms with Gasteiger partial charge in [-0.05, 0) is 43.2 Å². The fourth-order valence-corrected chi connectivity index (χ4v) is 2.96. The van der Waals surface area contributed by atoms with Gasteiger partial charge in [0.1, 0.15) is 5.75 Å². The Labute approximate surface area is 154 Å². The lowest BCUT2D eigenvalue weighted by molar-refractivity contribution is -0.829. The van der Waals surface area contributed by atoms with Crippen molar-refractivity contribution in [3.8, 4) is 17.6 Å². The molecule has 0 spiro atoms. The molecule has 1 aliphatic rings. The number of pyridine rings is 1. The molecule has 0 saturated carbocycles. The molecule has 134 valence electrons. The van der Waals surface area contributed by atoms with Crippen LogP contribution in [0, 0.1) is 11.8 Å². The first kappa shape index (κ1) is 18.0. The van der Waals surface area contributed by atoms with Crippen molar-refractivity contribution in [2.24, 2.45) is 0 Å². The zero-order valence-electron chi connectivity index (χ0n) is 15.2. The van der Waals surface area contributed by atoms with Gasteiger partial charge in [-0.1, -0.05) is 23.5 Å². The van der Waals surface area contributed by atoms with E-state index in [-0.39, 0.29) is 0 Å². The van der Waals surface area contributed by atoms with Gasteiger partial charge in [0, 0.05) is 30.9 Å². The fourth-order valence-electron chi connectivity index (χ4n) is 2.96. The monoisotopic (exact) mass is 350 g/mol. The van der Waals surface area contributed by atoms with Crippen LogP contribution < -0.4 is 15.1 Å². The van der Waals surface area contributed by atoms with Gasteiger partial charge < -0.3 is 9.64 Å². The minimum absolute atomic E-state index is 0.830. The molecular weight excluding hydrogens is 326 g/mol. The zero-order valence-corrected chi connectivity index (χ0v) is 15.2. The lowest BCUT2D eigenvalue weighted by atomic mass is 10.0. The third-order valence-corrected chi connectivity index (χ3v) is 4.33. The number of piperidine rings is 1. The number of aromatic nitrogens is 1. The van der Waals surface area contributed by atoms with Crippen LogP contribution in [0.1, 0.15) is 18.4 Å². The molecule has 1 fully saturated rings. The third kappa shape index (κ3) is 4.63. The van der Waals surface area contributed by atoms with E-state index in [1.54, 1.807) is 19.7 Å². The van der Waals surface area contributed by atoms with Crippen LogP contribution in [0.4, 0.5) is 11.5 Å². The van der Waals surface area contributed by atoms with Gasteiger partial charge in [0.2, 0.25) is 5.69 Å². The second-order valence-corrected chi connectivity index (χ2v) is 6.06. The highest BCUT2D eigenvalue weighted by Crippen LogP contribution is 2.24. The van der Waals surface area contributed by atoms with Gasteiger partial charge in [-0.2, -0.15) is 5.48 Å². The Morgan fingerprint density at radius 1 is 1.15 bits per heavy atom. The Kier molecular flexibility index (Phi) is 6.26. The first-order valence-corrected chi connectivity index (χ1v) is 8.69. The summed E-state index contributed by atoms with van der Waals surface area (Å²) in [4.78, 5) is 12.0. The molecule has 0 unspecified atom stereocenters. The average Bonchev–Trinajstić information content (AvgIpc) is 2.69. The van der Waals surface area contributed by atoms with E-state index in [1.807, 2.05) is 42.6 Å². The highest BCUT2D eigenvalue weighted by atomic mass is 16.6. The molecule has 2 N–H and O–H groups in total. The number of rotatable bonds is 4. The van der Waals surface area contributed by atoms with Crippen molar-refractivity contribution in [2.75, 3.05) is 32.2 Å². The molecule has 0 atom stereocenters. The average molecular weight is 350 g/mol. The number of quaternary nitrogens is 1. The fraction of sp³-hybridized carbons (Fsp3) is 0.286. The maximum atomic E-state index is 5.23. The van der Waals surface area contributed by atoms with Crippen LogP contribution in [-0.4, -0.2) is 32.3 Å². The SMILES string of the molecule is CO[NH2+]c1cccnc1N1CCC(=CC#Cc2cccc(OC)c2)CC1. The molecule has 0 amide bonds. The van der Waals surface area contributed by atoms with Gasteiger partial charge in [-0.25, -0.2) is 9.82 Å². The van der Waals surface area contributed by atoms with E-state index in [1.165, 1.54) is 5.57 Å². The largest absolute Gasteiger partial charge is 0.497 e. The maximum absolute atomic E-state index is 5.23. The molecule has 2 aromatic rings. The molecule has 0 radical (unpaired) electrons. The van der Waals surface area contributed by atoms with Crippen molar-refractivity contribution in [3.63, 3.8) is 0 Å². The van der Waals surface area contributed by atoms with Crippen LogP contribution in [0.5, 0.6) is 5.75 Å². The molecule has 3 rings (SSSR count). The van der Waals surface area contributed by atoms with E-state index < -0.39 is 0 Å². The first-order valence-electron chi connectivity index (χ1n) is 8.69. The number of hydrogen-bond donors (Lipinski definition) is 1. The summed E-state index contributed by atoms with van der Waals surface area (Å²) in [6.45, 7) is 1.88. The number of ether oxygens (including phenoxy) is 1. The van der Waals surface area contributed by atoms with Crippen molar-refractivity contribution in [1.82, 2.24) is 4.98 Å². The molecule has 1 aromatic carbocycles. The van der Waals surface area contributed by atoms with Gasteiger partial charge in [0.15, 0.2) is 5.82 Å². The second-order valence-electron chi connectivity index (χ2n) is 6.06. The Morgan fingerprint density at radius 3 is 2.77 bits per heavy atom. The second kappa shape index (κ2) is 9.04. The summed E-state index contributed by atoms with van der Waals surface area (Å²) in [5, 5.41) is 0. The highest BCUT2D eigenvalue weighted by molar-refractivity contribution is 5.57. The quantitative estimate of drug-likeness (QED) is 0.680. The number of anilines is 1. The van der Waals surface area contributed by atoms with E-state index in [9.17, 15) is 0 Å². The van der Waals surface area contributed by atoms with Gasteiger partial charge in [0.25, 0.3) is 0 Å². The highest BCUT2D eigenvalue weighted by Gasteiger charge is 2.19. The molecule has 1 aliphatic heterocycles. The standard InChI is InChI=1S/C21H23N3O2/c1-25-19-9-4-8-18(16-19)7-3-6-17-11-14-24(15-12-17)21-20(23-26-2)10-5-13-22-21/h4-6,8-10,13,16,23H,11-12,14-15H2,1-2H3/p+1. The summed E-state index contributed by atoms with van der Waals surface area (Å²) >= 11 is 0. The van der Waals surface area contributed by atoms with Crippen LogP contribution in [0.2, 0.25) is 0 Å². The number of benzene rings is 1. The Morgan fingerprint density at radius 2 is 2.00 bits per heavy atom. The summed E-state index contributed by atoms with van der Waals surface area (Å²) in [5.74, 6) is 8.18. The van der Waals surface area contributed by atoms with Crippen molar-refractivity contribution < 1.29 is 15.1 Å². The molecule has 5 nitrogen and oxygen atoms in total. The van der Waals surface area contributed by atoms with Crippen LogP contribution >= 0.6 is 0 Å². The van der Waals surface area contributed by atoms with E-state index in [4.69, 9.17) is 9.57 Å². The molecule has 26 heavy (non-hydrogen) atoms. The predicted molar refractivity (Wildman–Crippen MR) is 102 cm³/mol. The van der Waals surface area contributed by atoms with Crippen LogP contribution in [0.15, 0.2) is 54.2 Å². The van der Waals surface area contributed by atoms with E-state index in [2.05, 4.69) is 27.8 Å². The van der Waals surface area contributed by atoms with Gasteiger partial charge in [-0.3, -0.25) is 0 Å². The van der Waals surface area contributed by atoms with Crippen molar-refractivity contribution in [3.05, 3.63) is 59.8 Å². The molecule has 1 saturated heterocycles. The summed E-state index contributed by atoms with van der Waals surface area (Å²) in [6, 6.07) is 11.8. The van der Waals surface area contributed by atoms with Gasteiger partial charge in [-0.15, -0.1) is 0 Å². The topological polar surface area (TPSA) is 51.2 Å². The summed E-state index contributed by atoms with van der Waals surface area (Å²) in [5.41, 5.74) is 5.10. The minimum atomic E-state index is 0.830. The molecular formula is C21H24N3O2+. The summed E-state index contributed by atoms with van der Waals surface area (Å²) in [7, 11) is 3.33. The summed E-state index contributed by atoms with van der Waals surface area (Å²) in [6.07, 6.45) is 5.87. The Balaban J connectivity index is 1.62. The minimum Gasteiger partial charge on any atom is -0.497 e. The van der Waals surface area contributed by atoms with Crippen LogP contribution in [-0.2, 0) is 4.84 Å². The molecule has 1 aromatic heterocycles. The Bertz CT molecular complexity index is 826. The van der Waals surface area contributed by atoms with Crippen molar-refractivity contribution in [2.45, 2.75) is 12.8 Å². The third-order valence-electron chi connectivity index (χ3n) is 4.33. The smallest absolute Gasteiger partial charge is 0.204 e. The Hall–Kier alpha value is -2.81. The normalized spacial score (nSPS) is 13.8. The number of nitrogens with zero attached hydrogens (tertiary/aromatic N) is 2. The van der Waals surface area contributed by atoms with Crippen LogP contribution in [0.3, 0.4) is 0 Å². The number of nitrogens with two attached hydrogens (primary N) is 1. The van der Waals surface area contributed by atoms with E-state index in [0.29, 0.717) is 0 Å². The molecule has 2 heterocycles. The first-order chi connectivity index (χ1) is 12.8.